The van der Waals surface area contributed by atoms with E-state index in [2.05, 4.69) is 9.78 Å². The van der Waals surface area contributed by atoms with Crippen molar-refractivity contribution in [2.75, 3.05) is 6.61 Å². The highest BCUT2D eigenvalue weighted by molar-refractivity contribution is 6.03. The van der Waals surface area contributed by atoms with Gasteiger partial charge in [0.25, 0.3) is 0 Å². The van der Waals surface area contributed by atoms with Gasteiger partial charge in [0, 0.05) is 13.3 Å². The van der Waals surface area contributed by atoms with Gasteiger partial charge in [-0.05, 0) is 13.8 Å². The number of carbonyl (C=O) groups is 3. The van der Waals surface area contributed by atoms with Crippen LogP contribution < -0.4 is 0 Å². The Morgan fingerprint density at radius 3 is 2.05 bits per heavy atom. The Morgan fingerprint density at radius 2 is 1.63 bits per heavy atom. The first-order chi connectivity index (χ1) is 8.62. The molecule has 0 heterocycles. The number of aliphatic hydroxyl groups excluding tert-OH is 3. The summed E-state index contributed by atoms with van der Waals surface area (Å²) >= 11 is 0. The molecule has 0 rings (SSSR count). The van der Waals surface area contributed by atoms with E-state index in [1.165, 1.54) is 13.8 Å². The third-order valence-corrected chi connectivity index (χ3v) is 2.47. The zero-order valence-electron chi connectivity index (χ0n) is 11.0. The van der Waals surface area contributed by atoms with Gasteiger partial charge < -0.3 is 15.3 Å². The molecule has 0 saturated heterocycles. The fourth-order valence-corrected chi connectivity index (χ4v) is 1.02. The standard InChI is InChI=1S/C11H18O8/c1-6(13)18-19-10(17)11(2,3)9(16)4-7(14)8(15)5-12/h7-8,12,14-15H,4-5H2,1-3H3. The highest BCUT2D eigenvalue weighted by Gasteiger charge is 2.40. The predicted octanol–water partition coefficient (Wildman–Crippen LogP) is -1.29. The first kappa shape index (κ1) is 17.5. The lowest BCUT2D eigenvalue weighted by molar-refractivity contribution is -0.263. The molecule has 3 N–H and O–H groups in total. The van der Waals surface area contributed by atoms with Crippen LogP contribution in [0.2, 0.25) is 0 Å². The molecule has 0 aliphatic heterocycles. The molecular weight excluding hydrogens is 260 g/mol. The quantitative estimate of drug-likeness (QED) is 0.311. The number of carbonyl (C=O) groups excluding carboxylic acids is 3. The minimum atomic E-state index is -1.66. The first-order valence-corrected chi connectivity index (χ1v) is 5.52. The summed E-state index contributed by atoms with van der Waals surface area (Å²) in [5.41, 5.74) is -1.66. The van der Waals surface area contributed by atoms with Crippen LogP contribution in [0.4, 0.5) is 0 Å². The summed E-state index contributed by atoms with van der Waals surface area (Å²) in [6.07, 6.45) is -3.54. The number of rotatable bonds is 6. The molecule has 2 atom stereocenters. The van der Waals surface area contributed by atoms with Crippen LogP contribution in [0.25, 0.3) is 0 Å². The van der Waals surface area contributed by atoms with Crippen molar-refractivity contribution in [2.24, 2.45) is 5.41 Å². The average Bonchev–Trinajstić information content (AvgIpc) is 2.34. The van der Waals surface area contributed by atoms with E-state index in [1.807, 2.05) is 0 Å². The maximum atomic E-state index is 11.8. The predicted molar refractivity (Wildman–Crippen MR) is 60.4 cm³/mol. The van der Waals surface area contributed by atoms with Crippen LogP contribution in [0.15, 0.2) is 0 Å². The first-order valence-electron chi connectivity index (χ1n) is 5.52. The Hall–Kier alpha value is -1.51. The summed E-state index contributed by atoms with van der Waals surface area (Å²) in [5.74, 6) is -2.68. The molecule has 19 heavy (non-hydrogen) atoms. The minimum absolute atomic E-state index is 0.552. The lowest BCUT2D eigenvalue weighted by Gasteiger charge is -2.22. The molecule has 0 fully saturated rings. The SMILES string of the molecule is CC(=O)OOC(=O)C(C)(C)C(=O)CC(O)C(O)CO. The van der Waals surface area contributed by atoms with Crippen molar-refractivity contribution in [3.8, 4) is 0 Å². The number of hydrogen-bond acceptors (Lipinski definition) is 8. The van der Waals surface area contributed by atoms with Crippen molar-refractivity contribution >= 4 is 17.7 Å². The van der Waals surface area contributed by atoms with Gasteiger partial charge in [-0.2, -0.15) is 0 Å². The molecule has 0 aromatic carbocycles. The van der Waals surface area contributed by atoms with E-state index in [-0.39, 0.29) is 0 Å². The Bertz CT molecular complexity index is 349. The summed E-state index contributed by atoms with van der Waals surface area (Å²) in [6, 6.07) is 0. The third kappa shape index (κ3) is 5.33. The molecule has 2 unspecified atom stereocenters. The number of aliphatic hydroxyl groups is 3. The summed E-state index contributed by atoms with van der Waals surface area (Å²) in [5, 5.41) is 27.1. The van der Waals surface area contributed by atoms with E-state index in [1.54, 1.807) is 0 Å². The van der Waals surface area contributed by atoms with Crippen LogP contribution in [0.5, 0.6) is 0 Å². The van der Waals surface area contributed by atoms with Gasteiger partial charge in [0.05, 0.1) is 12.7 Å². The third-order valence-electron chi connectivity index (χ3n) is 2.47. The lowest BCUT2D eigenvalue weighted by atomic mass is 9.85. The topological polar surface area (TPSA) is 130 Å². The van der Waals surface area contributed by atoms with Gasteiger partial charge in [0.1, 0.15) is 11.5 Å². The van der Waals surface area contributed by atoms with Crippen molar-refractivity contribution in [3.63, 3.8) is 0 Å². The average molecular weight is 278 g/mol. The van der Waals surface area contributed by atoms with Gasteiger partial charge in [0.15, 0.2) is 5.78 Å². The molecule has 0 saturated carbocycles. The highest BCUT2D eigenvalue weighted by atomic mass is 17.2. The summed E-state index contributed by atoms with van der Waals surface area (Å²) in [4.78, 5) is 41.9. The minimum Gasteiger partial charge on any atom is -0.394 e. The van der Waals surface area contributed by atoms with Crippen molar-refractivity contribution in [1.29, 1.82) is 0 Å². The van der Waals surface area contributed by atoms with Crippen LogP contribution in [-0.4, -0.2) is 51.9 Å². The molecule has 8 nitrogen and oxygen atoms in total. The smallest absolute Gasteiger partial charge is 0.368 e. The largest absolute Gasteiger partial charge is 0.394 e. The van der Waals surface area contributed by atoms with Crippen molar-refractivity contribution in [2.45, 2.75) is 39.4 Å². The van der Waals surface area contributed by atoms with E-state index in [9.17, 15) is 19.5 Å². The summed E-state index contributed by atoms with van der Waals surface area (Å²) < 4.78 is 0. The Kier molecular flexibility index (Phi) is 6.60. The summed E-state index contributed by atoms with van der Waals surface area (Å²) in [7, 11) is 0. The molecule has 110 valence electrons. The normalized spacial score (nSPS) is 14.4. The van der Waals surface area contributed by atoms with Crippen LogP contribution in [0, 0.1) is 5.41 Å². The molecule has 0 aliphatic rings. The molecule has 8 heteroatoms. The van der Waals surface area contributed by atoms with Gasteiger partial charge in [-0.3, -0.25) is 4.79 Å². The zero-order valence-corrected chi connectivity index (χ0v) is 11.0. The van der Waals surface area contributed by atoms with Crippen molar-refractivity contribution in [1.82, 2.24) is 0 Å². The van der Waals surface area contributed by atoms with Crippen LogP contribution in [0.3, 0.4) is 0 Å². The molecule has 0 radical (unpaired) electrons. The fourth-order valence-electron chi connectivity index (χ4n) is 1.02. The van der Waals surface area contributed by atoms with Crippen LogP contribution in [0.1, 0.15) is 27.2 Å². The molecule has 0 aliphatic carbocycles. The van der Waals surface area contributed by atoms with Crippen LogP contribution >= 0.6 is 0 Å². The van der Waals surface area contributed by atoms with Crippen molar-refractivity contribution in [3.05, 3.63) is 0 Å². The van der Waals surface area contributed by atoms with Gasteiger partial charge >= 0.3 is 11.9 Å². The van der Waals surface area contributed by atoms with E-state index >= 15 is 0 Å². The van der Waals surface area contributed by atoms with E-state index in [0.29, 0.717) is 0 Å². The van der Waals surface area contributed by atoms with Gasteiger partial charge in [-0.15, -0.1) is 0 Å². The van der Waals surface area contributed by atoms with E-state index in [4.69, 9.17) is 10.2 Å². The molecule has 0 aromatic heterocycles. The second-order valence-electron chi connectivity index (χ2n) is 4.52. The fraction of sp³-hybridized carbons (Fsp3) is 0.727. The molecule has 0 spiro atoms. The molecule has 0 amide bonds. The maximum absolute atomic E-state index is 11.8. The highest BCUT2D eigenvalue weighted by Crippen LogP contribution is 2.22. The lowest BCUT2D eigenvalue weighted by Crippen LogP contribution is -2.40. The van der Waals surface area contributed by atoms with Crippen LogP contribution in [-0.2, 0) is 24.2 Å². The van der Waals surface area contributed by atoms with Gasteiger partial charge in [-0.1, -0.05) is 0 Å². The second kappa shape index (κ2) is 7.17. The van der Waals surface area contributed by atoms with Crippen molar-refractivity contribution < 1.29 is 39.5 Å². The zero-order chi connectivity index (χ0) is 15.2. The molecular formula is C11H18O8. The second-order valence-corrected chi connectivity index (χ2v) is 4.52. The Morgan fingerprint density at radius 1 is 1.11 bits per heavy atom. The Balaban J connectivity index is 4.58. The molecule has 0 bridgehead atoms. The number of ketones is 1. The van der Waals surface area contributed by atoms with Gasteiger partial charge in [-0.25, -0.2) is 19.4 Å². The Labute approximate surface area is 109 Å². The summed E-state index contributed by atoms with van der Waals surface area (Å²) in [6.45, 7) is 2.74. The van der Waals surface area contributed by atoms with Gasteiger partial charge in [0.2, 0.25) is 0 Å². The van der Waals surface area contributed by atoms with E-state index < -0.39 is 48.4 Å². The number of Topliss-reactive ketones (excluding diaryl/α,β-unsaturated/α-hetero) is 1. The number of hydrogen-bond donors (Lipinski definition) is 3. The molecule has 0 aromatic rings. The van der Waals surface area contributed by atoms with E-state index in [0.717, 1.165) is 6.92 Å². The monoisotopic (exact) mass is 278 g/mol. The maximum Gasteiger partial charge on any atom is 0.368 e.